The van der Waals surface area contributed by atoms with Gasteiger partial charge >= 0.3 is 0 Å². The van der Waals surface area contributed by atoms with Gasteiger partial charge in [0.2, 0.25) is 5.91 Å². The Balaban J connectivity index is 1.56. The van der Waals surface area contributed by atoms with Crippen LogP contribution in [-0.4, -0.2) is 27.6 Å². The van der Waals surface area contributed by atoms with E-state index in [4.69, 9.17) is 35.4 Å². The van der Waals surface area contributed by atoms with Gasteiger partial charge in [-0.25, -0.2) is 0 Å². The maximum atomic E-state index is 12.6. The molecule has 1 N–H and O–H groups in total. The molecule has 1 aliphatic heterocycles. The number of benzene rings is 2. The minimum atomic E-state index is -0.267. The highest BCUT2D eigenvalue weighted by molar-refractivity contribution is 8.26. The molecular formula is C21H16Cl2N2O2S2. The number of carbonyl (C=O) groups excluding carboxylic acids is 2. The highest BCUT2D eigenvalue weighted by atomic mass is 35.5. The number of anilines is 1. The van der Waals surface area contributed by atoms with Gasteiger partial charge in [0.15, 0.2) is 0 Å². The van der Waals surface area contributed by atoms with Gasteiger partial charge in [-0.15, -0.1) is 0 Å². The molecule has 1 fully saturated rings. The van der Waals surface area contributed by atoms with Crippen molar-refractivity contribution >= 4 is 75.1 Å². The molecule has 0 saturated carbocycles. The molecule has 2 aromatic rings. The van der Waals surface area contributed by atoms with E-state index in [0.717, 1.165) is 5.56 Å². The van der Waals surface area contributed by atoms with Crippen LogP contribution in [0.25, 0.3) is 6.08 Å². The molecule has 0 radical (unpaired) electrons. The number of thiocarbonyl (C=S) groups is 1. The molecule has 0 bridgehead atoms. The van der Waals surface area contributed by atoms with E-state index in [1.54, 1.807) is 24.3 Å². The normalized spacial score (nSPS) is 15.5. The summed E-state index contributed by atoms with van der Waals surface area (Å²) in [6.07, 6.45) is 5.56. The van der Waals surface area contributed by atoms with E-state index in [1.165, 1.54) is 16.7 Å². The fourth-order valence-corrected chi connectivity index (χ4v) is 4.25. The SMILES string of the molecule is O=C(CCN1C(=O)C(=CC=Cc2ccccc2)SC1=S)Nc1ccc(Cl)cc1Cl. The Morgan fingerprint density at radius 1 is 1.17 bits per heavy atom. The van der Waals surface area contributed by atoms with Gasteiger partial charge in [0.1, 0.15) is 4.32 Å². The van der Waals surface area contributed by atoms with E-state index in [1.807, 2.05) is 42.5 Å². The van der Waals surface area contributed by atoms with Gasteiger partial charge < -0.3 is 5.32 Å². The molecule has 1 heterocycles. The Morgan fingerprint density at radius 2 is 1.93 bits per heavy atom. The van der Waals surface area contributed by atoms with Crippen molar-refractivity contribution < 1.29 is 9.59 Å². The van der Waals surface area contributed by atoms with E-state index >= 15 is 0 Å². The van der Waals surface area contributed by atoms with E-state index in [9.17, 15) is 9.59 Å². The number of nitrogens with one attached hydrogen (secondary N) is 1. The predicted molar refractivity (Wildman–Crippen MR) is 125 cm³/mol. The van der Waals surface area contributed by atoms with Gasteiger partial charge in [0.05, 0.1) is 15.6 Å². The topological polar surface area (TPSA) is 49.4 Å². The Hall–Kier alpha value is -2.12. The molecule has 4 nitrogen and oxygen atoms in total. The monoisotopic (exact) mass is 462 g/mol. The Morgan fingerprint density at radius 3 is 2.66 bits per heavy atom. The quantitative estimate of drug-likeness (QED) is 0.436. The molecule has 0 unspecified atom stereocenters. The van der Waals surface area contributed by atoms with Crippen LogP contribution in [0.2, 0.25) is 10.0 Å². The second-order valence-electron chi connectivity index (χ2n) is 6.05. The van der Waals surface area contributed by atoms with Gasteiger partial charge in [-0.1, -0.05) is 89.7 Å². The zero-order valence-electron chi connectivity index (χ0n) is 15.1. The molecule has 1 saturated heterocycles. The van der Waals surface area contributed by atoms with Crippen LogP contribution in [0, 0.1) is 0 Å². The standard InChI is InChI=1S/C21H16Cl2N2O2S2/c22-15-9-10-17(16(23)13-15)24-19(26)11-12-25-20(27)18(29-21(25)28)8-4-7-14-5-2-1-3-6-14/h1-10,13H,11-12H2,(H,24,26). The average molecular weight is 463 g/mol. The van der Waals surface area contributed by atoms with Crippen molar-refractivity contribution in [3.8, 4) is 0 Å². The summed E-state index contributed by atoms with van der Waals surface area (Å²) in [7, 11) is 0. The molecule has 1 aliphatic rings. The zero-order valence-corrected chi connectivity index (χ0v) is 18.2. The van der Waals surface area contributed by atoms with Crippen molar-refractivity contribution in [1.29, 1.82) is 0 Å². The lowest BCUT2D eigenvalue weighted by Crippen LogP contribution is -2.31. The lowest BCUT2D eigenvalue weighted by atomic mass is 10.2. The maximum absolute atomic E-state index is 12.6. The van der Waals surface area contributed by atoms with Gasteiger partial charge in [-0.3, -0.25) is 14.5 Å². The summed E-state index contributed by atoms with van der Waals surface area (Å²) < 4.78 is 0.437. The van der Waals surface area contributed by atoms with Crippen molar-refractivity contribution in [2.45, 2.75) is 6.42 Å². The molecule has 148 valence electrons. The van der Waals surface area contributed by atoms with Crippen LogP contribution >= 0.6 is 47.2 Å². The fourth-order valence-electron chi connectivity index (χ4n) is 2.53. The number of carbonyl (C=O) groups is 2. The molecule has 2 aromatic carbocycles. The van der Waals surface area contributed by atoms with Crippen LogP contribution in [0.3, 0.4) is 0 Å². The third-order valence-electron chi connectivity index (χ3n) is 3.98. The largest absolute Gasteiger partial charge is 0.325 e. The number of amides is 2. The van der Waals surface area contributed by atoms with Crippen LogP contribution in [0.4, 0.5) is 5.69 Å². The first-order chi connectivity index (χ1) is 13.9. The highest BCUT2D eigenvalue weighted by Crippen LogP contribution is 2.31. The molecule has 0 atom stereocenters. The first-order valence-electron chi connectivity index (χ1n) is 8.66. The summed E-state index contributed by atoms with van der Waals surface area (Å²) in [5.41, 5.74) is 1.51. The molecule has 0 spiro atoms. The van der Waals surface area contributed by atoms with E-state index in [2.05, 4.69) is 5.32 Å². The van der Waals surface area contributed by atoms with Crippen LogP contribution < -0.4 is 5.32 Å². The summed E-state index contributed by atoms with van der Waals surface area (Å²) in [4.78, 5) is 26.7. The predicted octanol–water partition coefficient (Wildman–Crippen LogP) is 5.78. The van der Waals surface area contributed by atoms with Crippen molar-refractivity contribution in [2.75, 3.05) is 11.9 Å². The summed E-state index contributed by atoms with van der Waals surface area (Å²) in [5.74, 6) is -0.466. The van der Waals surface area contributed by atoms with Crippen LogP contribution in [-0.2, 0) is 9.59 Å². The van der Waals surface area contributed by atoms with Crippen LogP contribution in [0.1, 0.15) is 12.0 Å². The third-order valence-corrected chi connectivity index (χ3v) is 5.92. The molecule has 2 amide bonds. The smallest absolute Gasteiger partial charge is 0.266 e. The minimum absolute atomic E-state index is 0.0958. The number of hydrogen-bond donors (Lipinski definition) is 1. The number of allylic oxidation sites excluding steroid dienone is 2. The molecule has 29 heavy (non-hydrogen) atoms. The van der Waals surface area contributed by atoms with E-state index in [0.29, 0.717) is 25.0 Å². The summed E-state index contributed by atoms with van der Waals surface area (Å²) >= 11 is 18.4. The van der Waals surface area contributed by atoms with E-state index < -0.39 is 0 Å². The van der Waals surface area contributed by atoms with Crippen molar-refractivity contribution in [2.24, 2.45) is 0 Å². The second kappa shape index (κ2) is 10.1. The van der Waals surface area contributed by atoms with Crippen LogP contribution in [0.5, 0.6) is 0 Å². The number of rotatable bonds is 6. The molecule has 3 rings (SSSR count). The van der Waals surface area contributed by atoms with Gasteiger partial charge in [0.25, 0.3) is 5.91 Å². The Bertz CT molecular complexity index is 1010. The number of halogens is 2. The van der Waals surface area contributed by atoms with Crippen molar-refractivity contribution in [3.05, 3.63) is 81.2 Å². The van der Waals surface area contributed by atoms with E-state index in [-0.39, 0.29) is 24.8 Å². The molecule has 8 heteroatoms. The average Bonchev–Trinajstić information content (AvgIpc) is 2.96. The second-order valence-corrected chi connectivity index (χ2v) is 8.57. The third kappa shape index (κ3) is 5.93. The first kappa shape index (κ1) is 21.6. The summed E-state index contributed by atoms with van der Waals surface area (Å²) in [5, 5.41) is 3.55. The van der Waals surface area contributed by atoms with Gasteiger partial charge in [0, 0.05) is 18.0 Å². The zero-order chi connectivity index (χ0) is 20.8. The molecular weight excluding hydrogens is 447 g/mol. The highest BCUT2D eigenvalue weighted by Gasteiger charge is 2.31. The van der Waals surface area contributed by atoms with Gasteiger partial charge in [-0.2, -0.15) is 0 Å². The maximum Gasteiger partial charge on any atom is 0.266 e. The summed E-state index contributed by atoms with van der Waals surface area (Å²) in [6.45, 7) is 0.196. The van der Waals surface area contributed by atoms with Crippen LogP contribution in [0.15, 0.2) is 65.6 Å². The first-order valence-corrected chi connectivity index (χ1v) is 10.6. The van der Waals surface area contributed by atoms with Crippen molar-refractivity contribution in [1.82, 2.24) is 4.90 Å². The van der Waals surface area contributed by atoms with Crippen molar-refractivity contribution in [3.63, 3.8) is 0 Å². The lowest BCUT2D eigenvalue weighted by Gasteiger charge is -2.14. The fraction of sp³-hybridized carbons (Fsp3) is 0.0952. The summed E-state index contributed by atoms with van der Waals surface area (Å²) in [6, 6.07) is 14.6. The van der Waals surface area contributed by atoms with Gasteiger partial charge in [-0.05, 0) is 29.8 Å². The minimum Gasteiger partial charge on any atom is -0.325 e. The molecule has 0 aromatic heterocycles. The lowest BCUT2D eigenvalue weighted by molar-refractivity contribution is -0.122. The Kier molecular flexibility index (Phi) is 7.50. The number of hydrogen-bond acceptors (Lipinski definition) is 4. The Labute approximate surface area is 188 Å². The molecule has 0 aliphatic carbocycles. The number of nitrogens with zero attached hydrogens (tertiary/aromatic N) is 1. The number of thioether (sulfide) groups is 1.